The Kier molecular flexibility index (Phi) is 5.91. The molecule has 3 fully saturated rings. The Morgan fingerprint density at radius 1 is 1.09 bits per heavy atom. The molecule has 2 amide bonds. The molecule has 0 bridgehead atoms. The zero-order valence-corrected chi connectivity index (χ0v) is 20.8. The molecular weight excluding hydrogens is 498 g/mol. The molecule has 5 rings (SSSR count). The molecule has 0 spiro atoms. The number of piperidine rings is 1. The summed E-state index contributed by atoms with van der Waals surface area (Å²) in [6, 6.07) is 4.80. The Balaban J connectivity index is 1.41. The van der Waals surface area contributed by atoms with E-state index >= 15 is 0 Å². The van der Waals surface area contributed by atoms with Crippen LogP contribution in [0.25, 0.3) is 0 Å². The number of carbonyl (C=O) groups excluding carboxylic acids is 2. The van der Waals surface area contributed by atoms with Crippen LogP contribution in [0.2, 0.25) is 5.02 Å². The number of aryl methyl sites for hydroxylation is 1. The number of hydrogen-bond donors (Lipinski definition) is 1. The fourth-order valence-corrected chi connectivity index (χ4v) is 6.01. The molecular formula is C25H25ClF2N2O4S. The van der Waals surface area contributed by atoms with Crippen molar-refractivity contribution < 1.29 is 26.8 Å². The lowest BCUT2D eigenvalue weighted by atomic mass is 10.00. The van der Waals surface area contributed by atoms with Crippen molar-refractivity contribution in [2.45, 2.75) is 55.6 Å². The van der Waals surface area contributed by atoms with Gasteiger partial charge < -0.3 is 10.2 Å². The highest BCUT2D eigenvalue weighted by atomic mass is 35.5. The molecule has 35 heavy (non-hydrogen) atoms. The Morgan fingerprint density at radius 2 is 1.80 bits per heavy atom. The van der Waals surface area contributed by atoms with Gasteiger partial charge >= 0.3 is 0 Å². The number of sulfone groups is 1. The van der Waals surface area contributed by atoms with Crippen LogP contribution in [0, 0.1) is 30.4 Å². The lowest BCUT2D eigenvalue weighted by Gasteiger charge is -2.29. The summed E-state index contributed by atoms with van der Waals surface area (Å²) >= 11 is 5.69. The van der Waals surface area contributed by atoms with E-state index in [0.717, 1.165) is 37.7 Å². The van der Waals surface area contributed by atoms with E-state index < -0.39 is 45.4 Å². The van der Waals surface area contributed by atoms with Crippen LogP contribution in [0.15, 0.2) is 35.2 Å². The Bertz CT molecular complexity index is 1350. The number of halogens is 3. The molecule has 0 unspecified atom stereocenters. The normalized spacial score (nSPS) is 24.1. The Hall–Kier alpha value is -2.52. The van der Waals surface area contributed by atoms with Crippen LogP contribution in [0.1, 0.15) is 53.2 Å². The van der Waals surface area contributed by atoms with Crippen molar-refractivity contribution >= 4 is 33.3 Å². The van der Waals surface area contributed by atoms with E-state index in [1.807, 2.05) is 0 Å². The van der Waals surface area contributed by atoms with E-state index in [9.17, 15) is 26.8 Å². The molecule has 4 atom stereocenters. The van der Waals surface area contributed by atoms with E-state index in [-0.39, 0.29) is 38.9 Å². The minimum atomic E-state index is -3.52. The van der Waals surface area contributed by atoms with Gasteiger partial charge in [-0.3, -0.25) is 9.59 Å². The monoisotopic (exact) mass is 522 g/mol. The highest BCUT2D eigenvalue weighted by molar-refractivity contribution is 7.90. The third-order valence-electron chi connectivity index (χ3n) is 7.13. The van der Waals surface area contributed by atoms with Crippen molar-refractivity contribution in [2.24, 2.45) is 11.8 Å². The molecule has 3 aliphatic rings. The second kappa shape index (κ2) is 8.55. The fourth-order valence-electron chi connectivity index (χ4n) is 5.12. The topological polar surface area (TPSA) is 83.6 Å². The molecule has 1 N–H and O–H groups in total. The molecule has 2 saturated carbocycles. The second-order valence-electron chi connectivity index (χ2n) is 9.95. The number of nitrogens with zero attached hydrogens (tertiary/aromatic N) is 1. The maximum atomic E-state index is 14.6. The number of hydrogen-bond acceptors (Lipinski definition) is 4. The van der Waals surface area contributed by atoms with Crippen molar-refractivity contribution in [3.8, 4) is 0 Å². The number of rotatable bonds is 6. The first-order chi connectivity index (χ1) is 16.4. The van der Waals surface area contributed by atoms with Gasteiger partial charge in [-0.15, -0.1) is 0 Å². The standard InChI is InChI=1S/C25H25ClF2N2O4S/c1-12-5-15(7-16(6-12)35(2,33)34)25(32)30-21-8-14(21)9-22(30)24(31)29-23(13-3-4-13)17-10-20(28)18(26)11-19(17)27/h5-7,10-11,13-14,21-23H,3-4,8-9H2,1-2H3,(H,29,31)/t14-,21-,22-,23-/m1/s1. The van der Waals surface area contributed by atoms with Gasteiger partial charge in [0, 0.05) is 23.4 Å². The van der Waals surface area contributed by atoms with E-state index in [2.05, 4.69) is 5.32 Å². The molecule has 0 radical (unpaired) electrons. The molecule has 2 aromatic rings. The minimum Gasteiger partial charge on any atom is -0.347 e. The zero-order chi connectivity index (χ0) is 25.2. The summed E-state index contributed by atoms with van der Waals surface area (Å²) in [4.78, 5) is 28.5. The van der Waals surface area contributed by atoms with Crippen molar-refractivity contribution in [1.82, 2.24) is 10.2 Å². The SMILES string of the molecule is Cc1cc(C(=O)N2[C@@H](C(=O)N[C@@H](c3cc(F)c(Cl)cc3F)C3CC3)C[C@H]3C[C@H]32)cc(S(C)(=O)=O)c1. The van der Waals surface area contributed by atoms with Crippen LogP contribution in [0.5, 0.6) is 0 Å². The third-order valence-corrected chi connectivity index (χ3v) is 8.51. The number of benzene rings is 2. The maximum Gasteiger partial charge on any atom is 0.254 e. The lowest BCUT2D eigenvalue weighted by molar-refractivity contribution is -0.126. The van der Waals surface area contributed by atoms with Gasteiger partial charge in [0.05, 0.1) is 16.0 Å². The van der Waals surface area contributed by atoms with Crippen molar-refractivity contribution in [1.29, 1.82) is 0 Å². The summed E-state index contributed by atoms with van der Waals surface area (Å²) in [5, 5.41) is 2.54. The average Bonchev–Trinajstić information content (AvgIpc) is 3.71. The molecule has 1 aliphatic heterocycles. The van der Waals surface area contributed by atoms with Crippen molar-refractivity contribution in [2.75, 3.05) is 6.26 Å². The first-order valence-electron chi connectivity index (χ1n) is 11.5. The molecule has 186 valence electrons. The van der Waals surface area contributed by atoms with E-state index in [0.29, 0.717) is 12.0 Å². The summed E-state index contributed by atoms with van der Waals surface area (Å²) in [5.41, 5.74) is 0.874. The van der Waals surface area contributed by atoms with Crippen LogP contribution in [-0.2, 0) is 14.6 Å². The van der Waals surface area contributed by atoms with E-state index in [4.69, 9.17) is 11.6 Å². The van der Waals surface area contributed by atoms with Gasteiger partial charge in [0.1, 0.15) is 17.7 Å². The first-order valence-corrected chi connectivity index (χ1v) is 13.8. The van der Waals surface area contributed by atoms with Crippen LogP contribution in [0.4, 0.5) is 8.78 Å². The Morgan fingerprint density at radius 3 is 2.46 bits per heavy atom. The number of likely N-dealkylation sites (tertiary alicyclic amines) is 1. The quantitative estimate of drug-likeness (QED) is 0.576. The third kappa shape index (κ3) is 4.68. The van der Waals surface area contributed by atoms with E-state index in [1.165, 1.54) is 17.0 Å². The zero-order valence-electron chi connectivity index (χ0n) is 19.2. The van der Waals surface area contributed by atoms with Gasteiger partial charge in [-0.2, -0.15) is 0 Å². The largest absolute Gasteiger partial charge is 0.347 e. The lowest BCUT2D eigenvalue weighted by Crippen LogP contribution is -2.49. The predicted molar refractivity (Wildman–Crippen MR) is 126 cm³/mol. The number of amides is 2. The van der Waals surface area contributed by atoms with Crippen LogP contribution in [0.3, 0.4) is 0 Å². The van der Waals surface area contributed by atoms with Crippen LogP contribution >= 0.6 is 11.6 Å². The van der Waals surface area contributed by atoms with Crippen molar-refractivity contribution in [3.63, 3.8) is 0 Å². The summed E-state index contributed by atoms with van der Waals surface area (Å²) in [7, 11) is -3.52. The summed E-state index contributed by atoms with van der Waals surface area (Å²) in [6.07, 6.45) is 3.87. The predicted octanol–water partition coefficient (Wildman–Crippen LogP) is 4.20. The van der Waals surface area contributed by atoms with Gasteiger partial charge in [0.2, 0.25) is 5.91 Å². The van der Waals surface area contributed by atoms with Gasteiger partial charge in [0.25, 0.3) is 5.91 Å². The maximum absolute atomic E-state index is 14.6. The number of fused-ring (bicyclic) bond motifs is 1. The molecule has 1 saturated heterocycles. The van der Waals surface area contributed by atoms with Crippen LogP contribution < -0.4 is 5.32 Å². The highest BCUT2D eigenvalue weighted by Crippen LogP contribution is 2.49. The number of nitrogens with one attached hydrogen (secondary N) is 1. The molecule has 1 heterocycles. The highest BCUT2D eigenvalue weighted by Gasteiger charge is 2.56. The summed E-state index contributed by atoms with van der Waals surface area (Å²) < 4.78 is 52.9. The molecule has 0 aromatic heterocycles. The Labute approximate surface area is 207 Å². The van der Waals surface area contributed by atoms with Crippen molar-refractivity contribution in [3.05, 3.63) is 63.7 Å². The summed E-state index contributed by atoms with van der Waals surface area (Å²) in [6.45, 7) is 1.71. The molecule has 2 aliphatic carbocycles. The first kappa shape index (κ1) is 24.2. The molecule has 6 nitrogen and oxygen atoms in total. The van der Waals surface area contributed by atoms with E-state index in [1.54, 1.807) is 13.0 Å². The average molecular weight is 523 g/mol. The minimum absolute atomic E-state index is 0.0248. The van der Waals surface area contributed by atoms with Gasteiger partial charge in [-0.1, -0.05) is 11.6 Å². The molecule has 10 heteroatoms. The van der Waals surface area contributed by atoms with Gasteiger partial charge in [-0.05, 0) is 80.3 Å². The summed E-state index contributed by atoms with van der Waals surface area (Å²) in [5.74, 6) is -2.11. The van der Waals surface area contributed by atoms with Gasteiger partial charge in [0.15, 0.2) is 9.84 Å². The smallest absolute Gasteiger partial charge is 0.254 e. The van der Waals surface area contributed by atoms with Gasteiger partial charge in [-0.25, -0.2) is 17.2 Å². The second-order valence-corrected chi connectivity index (χ2v) is 12.4. The van der Waals surface area contributed by atoms with Crippen LogP contribution in [-0.4, -0.2) is 43.5 Å². The number of carbonyl (C=O) groups is 2. The fraction of sp³-hybridized carbons (Fsp3) is 0.440. The molecule has 2 aromatic carbocycles.